The molecule has 1 aliphatic heterocycles. The Bertz CT molecular complexity index is 1290. The van der Waals surface area contributed by atoms with Gasteiger partial charge in [-0.05, 0) is 78.6 Å². The highest BCUT2D eigenvalue weighted by atomic mass is 16.5. The van der Waals surface area contributed by atoms with Crippen molar-refractivity contribution in [3.8, 4) is 17.2 Å². The molecule has 1 heterocycles. The number of carbonyl (C=O) groups is 3. The number of esters is 1. The molecule has 1 saturated heterocycles. The summed E-state index contributed by atoms with van der Waals surface area (Å²) in [5.41, 5.74) is 2.52. The smallest absolute Gasteiger partial charge is 0.311 e. The number of carbonyl (C=O) groups excluding carboxylic acids is 3. The lowest BCUT2D eigenvalue weighted by Gasteiger charge is -2.19. The first-order valence-corrected chi connectivity index (χ1v) is 13.0. The van der Waals surface area contributed by atoms with Crippen LogP contribution in [0.2, 0.25) is 0 Å². The molecule has 3 aromatic carbocycles. The minimum Gasteiger partial charge on any atom is -0.494 e. The van der Waals surface area contributed by atoms with Gasteiger partial charge in [0.15, 0.2) is 6.61 Å². The molecule has 0 aliphatic carbocycles. The van der Waals surface area contributed by atoms with Crippen molar-refractivity contribution in [2.24, 2.45) is 5.92 Å². The van der Waals surface area contributed by atoms with Crippen LogP contribution >= 0.6 is 0 Å². The topological polar surface area (TPSA) is 94.2 Å². The molecule has 2 amide bonds. The molecule has 0 saturated carbocycles. The van der Waals surface area contributed by atoms with Crippen molar-refractivity contribution in [2.75, 3.05) is 30.0 Å². The van der Waals surface area contributed by atoms with Crippen molar-refractivity contribution in [3.63, 3.8) is 0 Å². The predicted molar refractivity (Wildman–Crippen MR) is 149 cm³/mol. The number of rotatable bonds is 9. The number of hydrogen-bond acceptors (Lipinski definition) is 6. The lowest BCUT2D eigenvalue weighted by molar-refractivity contribution is -0.151. The second-order valence-electron chi connectivity index (χ2n) is 10.4. The Morgan fingerprint density at radius 2 is 1.49 bits per heavy atom. The minimum atomic E-state index is -0.645. The quantitative estimate of drug-likeness (QED) is 0.356. The van der Waals surface area contributed by atoms with Gasteiger partial charge in [0.2, 0.25) is 5.91 Å². The number of nitrogens with one attached hydrogen (secondary N) is 1. The molecule has 0 spiro atoms. The third-order valence-electron chi connectivity index (χ3n) is 6.36. The Hall–Kier alpha value is -4.33. The molecule has 3 aromatic rings. The molecule has 0 aromatic heterocycles. The Balaban J connectivity index is 1.26. The second kappa shape index (κ2) is 12.0. The van der Waals surface area contributed by atoms with Crippen LogP contribution in [0.1, 0.15) is 39.7 Å². The highest BCUT2D eigenvalue weighted by molar-refractivity contribution is 6.00. The molecule has 0 unspecified atom stereocenters. The fraction of sp³-hybridized carbons (Fsp3) is 0.323. The van der Waals surface area contributed by atoms with Crippen LogP contribution in [0.3, 0.4) is 0 Å². The third-order valence-corrected chi connectivity index (χ3v) is 6.36. The fourth-order valence-electron chi connectivity index (χ4n) is 4.22. The average Bonchev–Trinajstić information content (AvgIpc) is 3.30. The Morgan fingerprint density at radius 1 is 0.897 bits per heavy atom. The van der Waals surface area contributed by atoms with E-state index >= 15 is 0 Å². The Labute approximate surface area is 228 Å². The zero-order chi connectivity index (χ0) is 28.0. The number of hydrogen-bond donors (Lipinski definition) is 1. The van der Waals surface area contributed by atoms with Crippen molar-refractivity contribution in [3.05, 3.63) is 78.4 Å². The largest absolute Gasteiger partial charge is 0.494 e. The fourth-order valence-corrected chi connectivity index (χ4v) is 4.22. The van der Waals surface area contributed by atoms with Crippen LogP contribution in [0.4, 0.5) is 11.4 Å². The van der Waals surface area contributed by atoms with Gasteiger partial charge in [-0.25, -0.2) is 0 Å². The second-order valence-corrected chi connectivity index (χ2v) is 10.4. The van der Waals surface area contributed by atoms with E-state index < -0.39 is 24.4 Å². The van der Waals surface area contributed by atoms with E-state index in [-0.39, 0.29) is 24.3 Å². The molecule has 39 heavy (non-hydrogen) atoms. The molecule has 1 N–H and O–H groups in total. The van der Waals surface area contributed by atoms with Gasteiger partial charge in [-0.1, -0.05) is 32.9 Å². The summed E-state index contributed by atoms with van der Waals surface area (Å²) < 4.78 is 16.5. The van der Waals surface area contributed by atoms with Gasteiger partial charge in [0.05, 0.1) is 12.5 Å². The summed E-state index contributed by atoms with van der Waals surface area (Å²) in [6, 6.07) is 22.0. The lowest BCUT2D eigenvalue weighted by atomic mass is 9.87. The van der Waals surface area contributed by atoms with Crippen LogP contribution in [-0.2, 0) is 24.5 Å². The Kier molecular flexibility index (Phi) is 8.54. The lowest BCUT2D eigenvalue weighted by Crippen LogP contribution is -2.28. The van der Waals surface area contributed by atoms with E-state index in [1.54, 1.807) is 53.4 Å². The van der Waals surface area contributed by atoms with E-state index in [9.17, 15) is 14.4 Å². The summed E-state index contributed by atoms with van der Waals surface area (Å²) in [7, 11) is 0. The zero-order valence-electron chi connectivity index (χ0n) is 22.7. The predicted octanol–water partition coefficient (Wildman–Crippen LogP) is 5.71. The molecule has 0 bridgehead atoms. The van der Waals surface area contributed by atoms with E-state index in [0.717, 1.165) is 5.75 Å². The molecule has 1 fully saturated rings. The van der Waals surface area contributed by atoms with E-state index in [1.165, 1.54) is 5.56 Å². The van der Waals surface area contributed by atoms with Gasteiger partial charge in [0.1, 0.15) is 17.2 Å². The summed E-state index contributed by atoms with van der Waals surface area (Å²) >= 11 is 0. The van der Waals surface area contributed by atoms with Crippen molar-refractivity contribution < 1.29 is 28.6 Å². The van der Waals surface area contributed by atoms with E-state index in [0.29, 0.717) is 29.5 Å². The van der Waals surface area contributed by atoms with Gasteiger partial charge in [-0.3, -0.25) is 14.4 Å². The maximum absolute atomic E-state index is 12.6. The number of amides is 2. The van der Waals surface area contributed by atoms with Gasteiger partial charge in [0.25, 0.3) is 5.91 Å². The molecule has 1 atom stereocenters. The van der Waals surface area contributed by atoms with Crippen molar-refractivity contribution in [1.29, 1.82) is 0 Å². The van der Waals surface area contributed by atoms with E-state index in [1.807, 2.05) is 19.1 Å². The first-order chi connectivity index (χ1) is 18.6. The zero-order valence-corrected chi connectivity index (χ0v) is 22.7. The van der Waals surface area contributed by atoms with E-state index in [4.69, 9.17) is 14.2 Å². The monoisotopic (exact) mass is 530 g/mol. The van der Waals surface area contributed by atoms with Crippen molar-refractivity contribution >= 4 is 29.2 Å². The normalized spacial score (nSPS) is 15.1. The van der Waals surface area contributed by atoms with Crippen LogP contribution in [0.5, 0.6) is 17.2 Å². The van der Waals surface area contributed by atoms with Gasteiger partial charge in [0, 0.05) is 24.3 Å². The molecule has 1 aliphatic rings. The van der Waals surface area contributed by atoms with Gasteiger partial charge in [-0.15, -0.1) is 0 Å². The third kappa shape index (κ3) is 7.37. The van der Waals surface area contributed by atoms with Crippen LogP contribution in [0.15, 0.2) is 72.8 Å². The number of anilines is 2. The summed E-state index contributed by atoms with van der Waals surface area (Å²) in [6.07, 6.45) is 0.0255. The van der Waals surface area contributed by atoms with Gasteiger partial charge < -0.3 is 24.4 Å². The summed E-state index contributed by atoms with van der Waals surface area (Å²) in [6.45, 7) is 8.68. The minimum absolute atomic E-state index is 0.0255. The van der Waals surface area contributed by atoms with Crippen LogP contribution in [0, 0.1) is 5.92 Å². The number of ether oxygens (including phenoxy) is 3. The van der Waals surface area contributed by atoms with Gasteiger partial charge in [-0.2, -0.15) is 0 Å². The molecule has 8 nitrogen and oxygen atoms in total. The van der Waals surface area contributed by atoms with Gasteiger partial charge >= 0.3 is 5.97 Å². The van der Waals surface area contributed by atoms with Crippen molar-refractivity contribution in [2.45, 2.75) is 39.5 Å². The molecular weight excluding hydrogens is 496 g/mol. The molecule has 4 rings (SSSR count). The Morgan fingerprint density at radius 3 is 2.08 bits per heavy atom. The van der Waals surface area contributed by atoms with Crippen molar-refractivity contribution in [1.82, 2.24) is 0 Å². The average molecular weight is 531 g/mol. The van der Waals surface area contributed by atoms with E-state index in [2.05, 4.69) is 38.2 Å². The molecular formula is C31H34N2O6. The first-order valence-electron chi connectivity index (χ1n) is 13.0. The summed E-state index contributed by atoms with van der Waals surface area (Å²) in [5, 5.41) is 2.67. The number of nitrogens with zero attached hydrogens (tertiary/aromatic N) is 1. The SMILES string of the molecule is CCOc1ccc(NC(=O)COC(=O)[C@@H]2CC(=O)N(c3ccc(Oc4ccc(C(C)(C)C)cc4)cc3)C2)cc1. The highest BCUT2D eigenvalue weighted by Crippen LogP contribution is 2.30. The molecule has 8 heteroatoms. The maximum Gasteiger partial charge on any atom is 0.311 e. The summed E-state index contributed by atoms with van der Waals surface area (Å²) in [5.74, 6) is 0.204. The van der Waals surface area contributed by atoms with Crippen LogP contribution < -0.4 is 19.7 Å². The van der Waals surface area contributed by atoms with Crippen LogP contribution in [0.25, 0.3) is 0 Å². The number of benzene rings is 3. The highest BCUT2D eigenvalue weighted by Gasteiger charge is 2.36. The maximum atomic E-state index is 12.6. The van der Waals surface area contributed by atoms with Crippen LogP contribution in [-0.4, -0.2) is 37.5 Å². The molecule has 0 radical (unpaired) electrons. The summed E-state index contributed by atoms with van der Waals surface area (Å²) in [4.78, 5) is 39.0. The first kappa shape index (κ1) is 27.7. The molecule has 204 valence electrons. The standard InChI is InChI=1S/C31H34N2O6/c1-5-37-25-14-8-23(9-15-25)32-28(34)20-38-30(36)21-18-29(35)33(19-21)24-10-16-27(17-11-24)39-26-12-6-22(7-13-26)31(2,3)4/h6-17,21H,5,18-20H2,1-4H3,(H,32,34)/t21-/m1/s1.